The molecule has 0 heterocycles. The van der Waals surface area contributed by atoms with Gasteiger partial charge in [0.2, 0.25) is 5.91 Å². The van der Waals surface area contributed by atoms with E-state index in [0.29, 0.717) is 13.1 Å². The van der Waals surface area contributed by atoms with Gasteiger partial charge in [0.25, 0.3) is 5.69 Å². The third-order valence-corrected chi connectivity index (χ3v) is 4.50. The molecule has 0 radical (unpaired) electrons. The molecule has 0 aliphatic carbocycles. The number of carbonyl (C=O) groups excluding carboxylic acids is 2. The van der Waals surface area contributed by atoms with Crippen LogP contribution in [0.4, 0.5) is 11.4 Å². The molecule has 0 aliphatic heterocycles. The van der Waals surface area contributed by atoms with Crippen molar-refractivity contribution in [3.63, 3.8) is 0 Å². The molecule has 10 heteroatoms. The van der Waals surface area contributed by atoms with Crippen molar-refractivity contribution < 1.29 is 30.3 Å². The molecule has 0 saturated heterocycles. The number of nitro groups is 1. The van der Waals surface area contributed by atoms with Gasteiger partial charge in [0.1, 0.15) is 30.7 Å². The zero-order chi connectivity index (χ0) is 21.2. The number of quaternary nitrogens is 2. The van der Waals surface area contributed by atoms with Gasteiger partial charge in [0, 0.05) is 17.3 Å². The molecule has 2 aromatic rings. The predicted molar refractivity (Wildman–Crippen MR) is 104 cm³/mol. The summed E-state index contributed by atoms with van der Waals surface area (Å²) < 4.78 is 0. The lowest BCUT2D eigenvalue weighted by molar-refractivity contribution is -0.742. The fourth-order valence-corrected chi connectivity index (χ4v) is 2.89. The van der Waals surface area contributed by atoms with Gasteiger partial charge >= 0.3 is 0 Å². The second-order valence-corrected chi connectivity index (χ2v) is 6.80. The van der Waals surface area contributed by atoms with Crippen molar-refractivity contribution >= 4 is 34.9 Å². The number of hydrogen-bond donors (Lipinski definition) is 3. The van der Waals surface area contributed by atoms with Crippen molar-refractivity contribution in [3.8, 4) is 0 Å². The van der Waals surface area contributed by atoms with Gasteiger partial charge in [-0.15, -0.1) is 0 Å². The molecular weight excluding hydrogens is 400 g/mol. The van der Waals surface area contributed by atoms with Gasteiger partial charge in [-0.25, -0.2) is 0 Å². The summed E-state index contributed by atoms with van der Waals surface area (Å²) in [5.41, 5.74) is 0.987. The Balaban J connectivity index is 1.80. The van der Waals surface area contributed by atoms with E-state index >= 15 is 0 Å². The van der Waals surface area contributed by atoms with E-state index in [1.54, 1.807) is 5.32 Å². The molecule has 0 bridgehead atoms. The number of benzene rings is 2. The van der Waals surface area contributed by atoms with E-state index in [9.17, 15) is 24.8 Å². The van der Waals surface area contributed by atoms with Crippen molar-refractivity contribution in [2.24, 2.45) is 0 Å². The first-order valence-electron chi connectivity index (χ1n) is 9.00. The summed E-state index contributed by atoms with van der Waals surface area (Å²) in [6.45, 7) is 1.94. The Morgan fingerprint density at radius 2 is 1.86 bits per heavy atom. The molecule has 1 amide bonds. The Kier molecular flexibility index (Phi) is 8.53. The fourth-order valence-electron chi connectivity index (χ4n) is 2.70. The highest BCUT2D eigenvalue weighted by molar-refractivity contribution is 6.32. The normalized spacial score (nSPS) is 11.6. The van der Waals surface area contributed by atoms with Crippen LogP contribution in [0.25, 0.3) is 0 Å². The maximum atomic E-state index is 12.1. The number of carboxylic acids is 1. The van der Waals surface area contributed by atoms with E-state index < -0.39 is 22.8 Å². The Morgan fingerprint density at radius 1 is 1.14 bits per heavy atom. The Bertz CT molecular complexity index is 863. The van der Waals surface area contributed by atoms with Crippen LogP contribution in [-0.2, 0) is 16.1 Å². The first-order valence-corrected chi connectivity index (χ1v) is 9.38. The van der Waals surface area contributed by atoms with Gasteiger partial charge in [-0.05, 0) is 12.1 Å². The smallest absolute Gasteiger partial charge is 0.289 e. The van der Waals surface area contributed by atoms with Crippen LogP contribution >= 0.6 is 11.6 Å². The Hall–Kier alpha value is -3.01. The molecule has 0 spiro atoms. The van der Waals surface area contributed by atoms with E-state index in [1.807, 2.05) is 35.6 Å². The minimum Gasteiger partial charge on any atom is -0.544 e. The maximum Gasteiger partial charge on any atom is 0.289 e. The number of carbonyl (C=O) groups is 2. The third kappa shape index (κ3) is 7.49. The molecule has 0 fully saturated rings. The van der Waals surface area contributed by atoms with Gasteiger partial charge < -0.3 is 25.9 Å². The second-order valence-electron chi connectivity index (χ2n) is 6.39. The number of amides is 1. The molecule has 1 atom stereocenters. The maximum absolute atomic E-state index is 12.1. The fraction of sp³-hybridized carbons (Fsp3) is 0.263. The first-order chi connectivity index (χ1) is 13.9. The summed E-state index contributed by atoms with van der Waals surface area (Å²) in [5.74, 6) is -1.93. The number of rotatable bonds is 11. The van der Waals surface area contributed by atoms with Crippen molar-refractivity contribution in [3.05, 3.63) is 69.2 Å². The van der Waals surface area contributed by atoms with E-state index in [2.05, 4.69) is 5.32 Å². The van der Waals surface area contributed by atoms with Crippen molar-refractivity contribution in [2.45, 2.75) is 19.0 Å². The summed E-state index contributed by atoms with van der Waals surface area (Å²) in [7, 11) is 0. The zero-order valence-corrected chi connectivity index (χ0v) is 16.3. The monoisotopic (exact) mass is 421 g/mol. The topological polar surface area (TPSA) is 146 Å². The number of hydrogen-bond acceptors (Lipinski definition) is 5. The van der Waals surface area contributed by atoms with Crippen LogP contribution in [-0.4, -0.2) is 35.9 Å². The summed E-state index contributed by atoms with van der Waals surface area (Å²) >= 11 is 5.73. The van der Waals surface area contributed by atoms with Crippen LogP contribution in [0, 0.1) is 10.1 Å². The number of nitrogens with two attached hydrogens (primary N) is 2. The molecule has 0 unspecified atom stereocenters. The number of aliphatic carboxylic acids is 1. The number of nitrogens with one attached hydrogen (secondary N) is 1. The second kappa shape index (κ2) is 11.1. The minimum absolute atomic E-state index is 0.0549. The number of nitro benzene ring substituents is 1. The quantitative estimate of drug-likeness (QED) is 0.242. The molecule has 0 aromatic heterocycles. The average molecular weight is 422 g/mol. The van der Waals surface area contributed by atoms with Gasteiger partial charge in [0.05, 0.1) is 17.3 Å². The highest BCUT2D eigenvalue weighted by Crippen LogP contribution is 2.27. The van der Waals surface area contributed by atoms with Gasteiger partial charge in [-0.2, -0.15) is 0 Å². The molecule has 154 valence electrons. The SMILES string of the molecule is O=C(C[C@H]([NH2+]CC[NH2+]Cc1ccccc1)C(=O)[O-])Nc1ccc(Cl)c([N+](=O)[O-])c1. The van der Waals surface area contributed by atoms with Crippen LogP contribution in [0.5, 0.6) is 0 Å². The lowest BCUT2D eigenvalue weighted by Crippen LogP contribution is -2.99. The molecule has 9 nitrogen and oxygen atoms in total. The summed E-state index contributed by atoms with van der Waals surface area (Å²) in [4.78, 5) is 33.7. The summed E-state index contributed by atoms with van der Waals surface area (Å²) in [5, 5.41) is 28.2. The van der Waals surface area contributed by atoms with Gasteiger partial charge in [-0.3, -0.25) is 14.9 Å². The van der Waals surface area contributed by atoms with Crippen LogP contribution in [0.1, 0.15) is 12.0 Å². The van der Waals surface area contributed by atoms with Crippen molar-refractivity contribution in [2.75, 3.05) is 18.4 Å². The van der Waals surface area contributed by atoms with E-state index in [0.717, 1.165) is 12.6 Å². The summed E-state index contributed by atoms with van der Waals surface area (Å²) in [6.07, 6.45) is -0.322. The highest BCUT2D eigenvalue weighted by atomic mass is 35.5. The van der Waals surface area contributed by atoms with Gasteiger partial charge in [-0.1, -0.05) is 41.9 Å². The Labute approximate surface area is 172 Å². The largest absolute Gasteiger partial charge is 0.544 e. The van der Waals surface area contributed by atoms with E-state index in [4.69, 9.17) is 11.6 Å². The van der Waals surface area contributed by atoms with E-state index in [1.165, 1.54) is 17.7 Å². The minimum atomic E-state index is -1.34. The molecule has 0 aliphatic rings. The van der Waals surface area contributed by atoms with Crippen LogP contribution < -0.4 is 21.1 Å². The standard InChI is InChI=1S/C19H21ClN4O5/c20-15-7-6-14(10-17(15)24(28)29)23-18(25)11-16(19(26)27)22-9-8-21-12-13-4-2-1-3-5-13/h1-7,10,16,21-22H,8-9,11-12H2,(H,23,25)(H,26,27)/p+1/t16-/m0/s1. The first kappa shape index (κ1) is 22.3. The summed E-state index contributed by atoms with van der Waals surface area (Å²) in [6, 6.07) is 12.6. The number of nitrogens with zero attached hydrogens (tertiary/aromatic N) is 1. The van der Waals surface area contributed by atoms with Gasteiger partial charge in [0.15, 0.2) is 0 Å². The van der Waals surface area contributed by atoms with Crippen LogP contribution in [0.3, 0.4) is 0 Å². The average Bonchev–Trinajstić information content (AvgIpc) is 2.68. The van der Waals surface area contributed by atoms with E-state index in [-0.39, 0.29) is 22.8 Å². The number of carboxylic acid groups (broad SMARTS) is 1. The number of halogens is 1. The molecule has 0 saturated carbocycles. The number of anilines is 1. The molecule has 2 aromatic carbocycles. The Morgan fingerprint density at radius 3 is 2.52 bits per heavy atom. The lowest BCUT2D eigenvalue weighted by atomic mass is 10.2. The van der Waals surface area contributed by atoms with Crippen molar-refractivity contribution in [1.29, 1.82) is 0 Å². The van der Waals surface area contributed by atoms with Crippen LogP contribution in [0.2, 0.25) is 5.02 Å². The predicted octanol–water partition coefficient (Wildman–Crippen LogP) is -0.978. The third-order valence-electron chi connectivity index (χ3n) is 4.18. The lowest BCUT2D eigenvalue weighted by Gasteiger charge is -2.16. The highest BCUT2D eigenvalue weighted by Gasteiger charge is 2.20. The molecule has 5 N–H and O–H groups in total. The molecule has 29 heavy (non-hydrogen) atoms. The zero-order valence-electron chi connectivity index (χ0n) is 15.5. The molecular formula is C19H22ClN4O5+. The molecule has 2 rings (SSSR count). The van der Waals surface area contributed by atoms with Crippen molar-refractivity contribution in [1.82, 2.24) is 0 Å². The van der Waals surface area contributed by atoms with Crippen LogP contribution in [0.15, 0.2) is 48.5 Å².